The molecule has 28 heavy (non-hydrogen) atoms. The molecule has 1 aliphatic carbocycles. The van der Waals surface area contributed by atoms with Crippen LogP contribution in [0, 0.1) is 5.92 Å². The number of nitrogens with one attached hydrogen (secondary N) is 1. The number of amides is 1. The average molecular weight is 380 g/mol. The third kappa shape index (κ3) is 2.80. The zero-order valence-electron chi connectivity index (χ0n) is 16.8. The lowest BCUT2D eigenvalue weighted by molar-refractivity contribution is -0.124. The summed E-state index contributed by atoms with van der Waals surface area (Å²) in [6.07, 6.45) is 9.16. The Kier molecular flexibility index (Phi) is 4.52. The number of hydrogen-bond acceptors (Lipinski definition) is 3. The van der Waals surface area contributed by atoms with Crippen LogP contribution in [0.5, 0.6) is 0 Å². The zero-order chi connectivity index (χ0) is 19.3. The molecular weight excluding hydrogens is 350 g/mol. The van der Waals surface area contributed by atoms with Crippen molar-refractivity contribution in [3.63, 3.8) is 0 Å². The lowest BCUT2D eigenvalue weighted by Gasteiger charge is -2.39. The van der Waals surface area contributed by atoms with Crippen LogP contribution in [0.4, 0.5) is 0 Å². The minimum atomic E-state index is -0.0863. The van der Waals surface area contributed by atoms with Gasteiger partial charge in [-0.05, 0) is 62.4 Å². The van der Waals surface area contributed by atoms with Crippen LogP contribution in [-0.2, 0) is 16.0 Å². The maximum absolute atomic E-state index is 12.5. The van der Waals surface area contributed by atoms with Crippen LogP contribution in [0.2, 0.25) is 0 Å². The molecule has 1 aromatic carbocycles. The van der Waals surface area contributed by atoms with Crippen LogP contribution < -0.4 is 5.32 Å². The molecule has 2 aliphatic heterocycles. The predicted molar refractivity (Wildman–Crippen MR) is 111 cm³/mol. The Morgan fingerprint density at radius 2 is 2.21 bits per heavy atom. The number of nitrogens with zero attached hydrogens (tertiary/aromatic N) is 2. The van der Waals surface area contributed by atoms with E-state index < -0.39 is 0 Å². The van der Waals surface area contributed by atoms with Gasteiger partial charge < -0.3 is 14.6 Å². The molecule has 1 N–H and O–H groups in total. The Hall–Kier alpha value is -2.11. The van der Waals surface area contributed by atoms with Crippen LogP contribution in [0.15, 0.2) is 30.5 Å². The van der Waals surface area contributed by atoms with Gasteiger partial charge >= 0.3 is 0 Å². The van der Waals surface area contributed by atoms with Crippen molar-refractivity contribution in [3.05, 3.63) is 41.6 Å². The fraction of sp³-hybridized carbons (Fsp3) is 0.522. The van der Waals surface area contributed by atoms with Gasteiger partial charge in [0.15, 0.2) is 0 Å². The number of benzene rings is 1. The Balaban J connectivity index is 1.61. The van der Waals surface area contributed by atoms with E-state index in [4.69, 9.17) is 4.74 Å². The van der Waals surface area contributed by atoms with Crippen molar-refractivity contribution in [3.8, 4) is 0 Å². The largest absolute Gasteiger partial charge is 0.358 e. The van der Waals surface area contributed by atoms with E-state index in [2.05, 4.69) is 52.3 Å². The van der Waals surface area contributed by atoms with E-state index in [-0.39, 0.29) is 18.1 Å². The number of likely N-dealkylation sites (N-methyl/N-ethyl adjacent to an activating group) is 1. The van der Waals surface area contributed by atoms with Crippen molar-refractivity contribution >= 4 is 22.4 Å². The van der Waals surface area contributed by atoms with Crippen molar-refractivity contribution in [1.29, 1.82) is 0 Å². The zero-order valence-corrected chi connectivity index (χ0v) is 16.8. The smallest absolute Gasteiger partial charge is 0.228 e. The summed E-state index contributed by atoms with van der Waals surface area (Å²) in [7, 11) is 2.15. The molecular formula is C23H29N3O2. The summed E-state index contributed by atoms with van der Waals surface area (Å²) in [6.45, 7) is 4.28. The standard InChI is InChI=1S/C23H29N3O2/c1-3-24-23(27)16-11-18-17-7-6-8-19-22(17)15(12-20(18)25(2)13-16)14-26(19)21-9-4-5-10-28-21/h6-8,11,14,16,20-21H,3-5,9-10,12-13H2,1-2H3,(H,24,27). The van der Waals surface area contributed by atoms with Crippen LogP contribution in [-0.4, -0.2) is 48.2 Å². The van der Waals surface area contributed by atoms with E-state index in [9.17, 15) is 4.79 Å². The maximum Gasteiger partial charge on any atom is 0.228 e. The SMILES string of the molecule is CCNC(=O)C1C=C2c3cccc4c3c(cn4C3CCCCO3)CC2N(C)C1. The molecule has 3 aliphatic rings. The first kappa shape index (κ1) is 18.0. The summed E-state index contributed by atoms with van der Waals surface area (Å²) in [5.41, 5.74) is 5.27. The highest BCUT2D eigenvalue weighted by Gasteiger charge is 2.36. The van der Waals surface area contributed by atoms with Crippen molar-refractivity contribution in [1.82, 2.24) is 14.8 Å². The van der Waals surface area contributed by atoms with E-state index in [1.807, 2.05) is 6.92 Å². The first-order valence-corrected chi connectivity index (χ1v) is 10.6. The second kappa shape index (κ2) is 7.05. The monoisotopic (exact) mass is 379 g/mol. The van der Waals surface area contributed by atoms with E-state index in [0.29, 0.717) is 12.6 Å². The van der Waals surface area contributed by atoms with Gasteiger partial charge in [-0.15, -0.1) is 0 Å². The molecule has 1 saturated heterocycles. The van der Waals surface area contributed by atoms with E-state index in [0.717, 1.165) is 32.4 Å². The molecule has 3 unspecified atom stereocenters. The number of fused-ring (bicyclic) bond motifs is 2. The highest BCUT2D eigenvalue weighted by atomic mass is 16.5. The van der Waals surface area contributed by atoms with E-state index >= 15 is 0 Å². The van der Waals surface area contributed by atoms with Crippen molar-refractivity contribution < 1.29 is 9.53 Å². The lowest BCUT2D eigenvalue weighted by Crippen LogP contribution is -2.46. The summed E-state index contributed by atoms with van der Waals surface area (Å²) in [5.74, 6) is 0.0446. The van der Waals surface area contributed by atoms with Gasteiger partial charge in [-0.1, -0.05) is 18.2 Å². The molecule has 1 aromatic heterocycles. The molecule has 1 fully saturated rings. The van der Waals surface area contributed by atoms with Gasteiger partial charge in [-0.25, -0.2) is 0 Å². The Morgan fingerprint density at radius 1 is 1.32 bits per heavy atom. The third-order valence-electron chi connectivity index (χ3n) is 6.57. The number of ether oxygens (including phenoxy) is 1. The molecule has 0 radical (unpaired) electrons. The minimum Gasteiger partial charge on any atom is -0.358 e. The topological polar surface area (TPSA) is 46.5 Å². The van der Waals surface area contributed by atoms with Gasteiger partial charge in [0.1, 0.15) is 6.23 Å². The van der Waals surface area contributed by atoms with Crippen LogP contribution in [0.1, 0.15) is 43.5 Å². The summed E-state index contributed by atoms with van der Waals surface area (Å²) >= 11 is 0. The minimum absolute atomic E-state index is 0.0863. The Bertz CT molecular complexity index is 939. The average Bonchev–Trinajstić information content (AvgIpc) is 3.09. The molecule has 1 amide bonds. The number of carbonyl (C=O) groups is 1. The molecule has 5 nitrogen and oxygen atoms in total. The van der Waals surface area contributed by atoms with Crippen molar-refractivity contribution in [2.45, 2.75) is 44.9 Å². The molecule has 3 heterocycles. The number of aromatic nitrogens is 1. The first-order chi connectivity index (χ1) is 13.7. The highest BCUT2D eigenvalue weighted by Crippen LogP contribution is 2.43. The molecule has 5 heteroatoms. The summed E-state index contributed by atoms with van der Waals surface area (Å²) in [4.78, 5) is 14.9. The molecule has 0 spiro atoms. The Morgan fingerprint density at radius 3 is 3.00 bits per heavy atom. The van der Waals surface area contributed by atoms with Gasteiger partial charge in [-0.2, -0.15) is 0 Å². The predicted octanol–water partition coefficient (Wildman–Crippen LogP) is 3.35. The molecule has 0 bridgehead atoms. The first-order valence-electron chi connectivity index (χ1n) is 10.6. The number of rotatable bonds is 3. The maximum atomic E-state index is 12.5. The van der Waals surface area contributed by atoms with Gasteiger partial charge in [0, 0.05) is 37.3 Å². The second-order valence-corrected chi connectivity index (χ2v) is 8.37. The fourth-order valence-corrected chi connectivity index (χ4v) is 5.23. The summed E-state index contributed by atoms with van der Waals surface area (Å²) < 4.78 is 8.44. The van der Waals surface area contributed by atoms with Crippen LogP contribution in [0.25, 0.3) is 16.5 Å². The lowest BCUT2D eigenvalue weighted by atomic mass is 9.80. The normalized spacial score (nSPS) is 27.4. The molecule has 0 saturated carbocycles. The van der Waals surface area contributed by atoms with Crippen LogP contribution >= 0.6 is 0 Å². The molecule has 148 valence electrons. The molecule has 2 aromatic rings. The van der Waals surface area contributed by atoms with E-state index in [1.54, 1.807) is 0 Å². The second-order valence-electron chi connectivity index (χ2n) is 8.37. The number of carbonyl (C=O) groups excluding carboxylic acids is 1. The van der Waals surface area contributed by atoms with E-state index in [1.165, 1.54) is 34.0 Å². The van der Waals surface area contributed by atoms with Crippen molar-refractivity contribution in [2.24, 2.45) is 5.92 Å². The quantitative estimate of drug-likeness (QED) is 0.890. The number of hydrogen-bond donors (Lipinski definition) is 1. The van der Waals surface area contributed by atoms with Crippen molar-refractivity contribution in [2.75, 3.05) is 26.7 Å². The van der Waals surface area contributed by atoms with Gasteiger partial charge in [0.25, 0.3) is 0 Å². The molecule has 3 atom stereocenters. The summed E-state index contributed by atoms with van der Waals surface area (Å²) in [6, 6.07) is 6.94. The highest BCUT2D eigenvalue weighted by molar-refractivity contribution is 5.99. The Labute approximate surface area is 166 Å². The fourth-order valence-electron chi connectivity index (χ4n) is 5.23. The van der Waals surface area contributed by atoms with Gasteiger partial charge in [0.2, 0.25) is 5.91 Å². The molecule has 5 rings (SSSR count). The summed E-state index contributed by atoms with van der Waals surface area (Å²) in [5, 5.41) is 4.34. The van der Waals surface area contributed by atoms with Gasteiger partial charge in [0.05, 0.1) is 11.4 Å². The third-order valence-corrected chi connectivity index (χ3v) is 6.57. The van der Waals surface area contributed by atoms with Gasteiger partial charge in [-0.3, -0.25) is 9.69 Å². The van der Waals surface area contributed by atoms with Crippen LogP contribution in [0.3, 0.4) is 0 Å².